The molecule has 0 aromatic carbocycles. The van der Waals surface area contributed by atoms with E-state index in [1.165, 1.54) is 238 Å². The Morgan fingerprint density at radius 3 is 0.727 bits per heavy atom. The van der Waals surface area contributed by atoms with Crippen molar-refractivity contribution >= 4 is 0 Å². The third kappa shape index (κ3) is 31.9. The van der Waals surface area contributed by atoms with Crippen LogP contribution >= 0.6 is 0 Å². The van der Waals surface area contributed by atoms with E-state index in [1.54, 1.807) is 0 Å². The van der Waals surface area contributed by atoms with Crippen molar-refractivity contribution in [2.24, 2.45) is 0 Å². The fraction of sp³-hybridized carbons (Fsp3) is 1.00. The molecule has 0 fully saturated rings. The van der Waals surface area contributed by atoms with Crippen molar-refractivity contribution in [3.8, 4) is 0 Å². The van der Waals surface area contributed by atoms with Gasteiger partial charge >= 0.3 is 0 Å². The van der Waals surface area contributed by atoms with Gasteiger partial charge in [-0.05, 0) is 46.2 Å². The molecule has 0 saturated carbocycles. The van der Waals surface area contributed by atoms with Gasteiger partial charge in [-0.3, -0.25) is 4.90 Å². The zero-order valence-electron chi connectivity index (χ0n) is 32.1. The number of hydrogen-bond donors (Lipinski definition) is 0. The van der Waals surface area contributed by atoms with E-state index in [0.717, 1.165) is 0 Å². The zero-order valence-corrected chi connectivity index (χ0v) is 32.1. The lowest BCUT2D eigenvalue weighted by molar-refractivity contribution is 0.102. The Hall–Kier alpha value is -0.0400. The molecule has 0 spiro atoms. The third-order valence-electron chi connectivity index (χ3n) is 10.6. The van der Waals surface area contributed by atoms with E-state index in [9.17, 15) is 0 Å². The summed E-state index contributed by atoms with van der Waals surface area (Å²) in [5, 5.41) is 0. The van der Waals surface area contributed by atoms with Gasteiger partial charge in [-0.2, -0.15) is 0 Å². The van der Waals surface area contributed by atoms with Crippen molar-refractivity contribution in [2.75, 3.05) is 13.1 Å². The first-order valence-corrected chi connectivity index (χ1v) is 21.3. The largest absolute Gasteiger partial charge is 0.298 e. The van der Waals surface area contributed by atoms with E-state index >= 15 is 0 Å². The maximum atomic E-state index is 2.92. The topological polar surface area (TPSA) is 3.24 Å². The van der Waals surface area contributed by atoms with Crippen molar-refractivity contribution in [3.05, 3.63) is 0 Å². The average Bonchev–Trinajstić information content (AvgIpc) is 3.01. The first-order chi connectivity index (χ1) is 21.6. The maximum Gasteiger partial charge on any atom is 0.0153 e. The van der Waals surface area contributed by atoms with Crippen molar-refractivity contribution in [3.63, 3.8) is 0 Å². The monoisotopic (exact) mass is 620 g/mol. The number of unbranched alkanes of at least 4 members (excludes halogenated alkanes) is 31. The molecule has 0 radical (unpaired) electrons. The van der Waals surface area contributed by atoms with Gasteiger partial charge in [0.25, 0.3) is 0 Å². The molecular formula is C43H89N. The van der Waals surface area contributed by atoms with Crippen LogP contribution in [0.2, 0.25) is 0 Å². The molecule has 0 aromatic heterocycles. The molecule has 0 amide bonds. The lowest BCUT2D eigenvalue weighted by atomic mass is 9.92. The van der Waals surface area contributed by atoms with Gasteiger partial charge < -0.3 is 0 Å². The van der Waals surface area contributed by atoms with E-state index in [0.29, 0.717) is 5.54 Å². The van der Waals surface area contributed by atoms with Crippen LogP contribution in [0, 0.1) is 0 Å². The Morgan fingerprint density at radius 1 is 0.273 bits per heavy atom. The van der Waals surface area contributed by atoms with Crippen LogP contribution in [0.25, 0.3) is 0 Å². The Morgan fingerprint density at radius 2 is 0.477 bits per heavy atom. The molecule has 1 nitrogen and oxygen atoms in total. The van der Waals surface area contributed by atoms with E-state index in [2.05, 4.69) is 39.5 Å². The molecule has 0 aliphatic carbocycles. The molecule has 266 valence electrons. The summed E-state index contributed by atoms with van der Waals surface area (Å²) < 4.78 is 0. The molecule has 0 aliphatic rings. The zero-order chi connectivity index (χ0) is 32.2. The standard InChI is InChI=1S/C43H89N/c1-6-9-12-15-18-21-24-26-29-32-35-38-41-44(42-39-36-33-30-27-25-22-19-16-13-10-7-2)43(4,5)40-37-34-31-28-23-20-17-14-11-8-3/h6-42H2,1-5H3. The molecule has 0 rings (SSSR count). The summed E-state index contributed by atoms with van der Waals surface area (Å²) in [6.07, 6.45) is 50.7. The molecular weight excluding hydrogens is 530 g/mol. The van der Waals surface area contributed by atoms with Gasteiger partial charge in [0, 0.05) is 5.54 Å². The van der Waals surface area contributed by atoms with Crippen LogP contribution in [0.4, 0.5) is 0 Å². The van der Waals surface area contributed by atoms with Gasteiger partial charge in [0.05, 0.1) is 0 Å². The Labute approximate surface area is 282 Å². The van der Waals surface area contributed by atoms with Crippen LogP contribution in [0.15, 0.2) is 0 Å². The highest BCUT2D eigenvalue weighted by atomic mass is 15.2. The summed E-state index contributed by atoms with van der Waals surface area (Å²) in [6, 6.07) is 0. The molecule has 0 N–H and O–H groups in total. The first kappa shape index (κ1) is 44.0. The highest BCUT2D eigenvalue weighted by Gasteiger charge is 2.25. The highest BCUT2D eigenvalue weighted by Crippen LogP contribution is 2.25. The van der Waals surface area contributed by atoms with E-state index in [4.69, 9.17) is 0 Å². The van der Waals surface area contributed by atoms with Crippen LogP contribution in [0.5, 0.6) is 0 Å². The van der Waals surface area contributed by atoms with Crippen molar-refractivity contribution in [2.45, 2.75) is 265 Å². The van der Waals surface area contributed by atoms with Crippen molar-refractivity contribution in [1.29, 1.82) is 0 Å². The lowest BCUT2D eigenvalue weighted by Crippen LogP contribution is -2.45. The summed E-state index contributed by atoms with van der Waals surface area (Å²) in [7, 11) is 0. The minimum atomic E-state index is 0.371. The molecule has 44 heavy (non-hydrogen) atoms. The summed E-state index contributed by atoms with van der Waals surface area (Å²) >= 11 is 0. The summed E-state index contributed by atoms with van der Waals surface area (Å²) in [5.74, 6) is 0. The molecule has 0 aromatic rings. The van der Waals surface area contributed by atoms with Gasteiger partial charge in [0.1, 0.15) is 0 Å². The normalized spacial score (nSPS) is 12.1. The number of nitrogens with zero attached hydrogens (tertiary/aromatic N) is 1. The van der Waals surface area contributed by atoms with Crippen molar-refractivity contribution < 1.29 is 0 Å². The second-order valence-electron chi connectivity index (χ2n) is 15.5. The molecule has 0 unspecified atom stereocenters. The minimum absolute atomic E-state index is 0.371. The van der Waals surface area contributed by atoms with Crippen LogP contribution in [-0.2, 0) is 0 Å². The fourth-order valence-corrected chi connectivity index (χ4v) is 7.21. The SMILES string of the molecule is CCCCCCCCCCCCCCN(CCCCCCCCCCCCCC)C(C)(C)CCCCCCCCCCCC. The highest BCUT2D eigenvalue weighted by molar-refractivity contribution is 4.81. The second-order valence-corrected chi connectivity index (χ2v) is 15.5. The molecule has 0 aliphatic heterocycles. The first-order valence-electron chi connectivity index (χ1n) is 21.3. The average molecular weight is 620 g/mol. The molecule has 0 saturated heterocycles. The summed E-state index contributed by atoms with van der Waals surface area (Å²) in [4.78, 5) is 2.92. The molecule has 0 atom stereocenters. The lowest BCUT2D eigenvalue weighted by Gasteiger charge is -2.39. The Bertz CT molecular complexity index is 483. The summed E-state index contributed by atoms with van der Waals surface area (Å²) in [5.41, 5.74) is 0.371. The Balaban J connectivity index is 4.21. The maximum absolute atomic E-state index is 2.92. The van der Waals surface area contributed by atoms with Gasteiger partial charge in [-0.25, -0.2) is 0 Å². The van der Waals surface area contributed by atoms with Crippen LogP contribution < -0.4 is 0 Å². The smallest absolute Gasteiger partial charge is 0.0153 e. The number of hydrogen-bond acceptors (Lipinski definition) is 1. The van der Waals surface area contributed by atoms with Crippen molar-refractivity contribution in [1.82, 2.24) is 4.90 Å². The number of rotatable bonds is 38. The van der Waals surface area contributed by atoms with Gasteiger partial charge in [-0.15, -0.1) is 0 Å². The van der Waals surface area contributed by atoms with E-state index in [1.807, 2.05) is 0 Å². The van der Waals surface area contributed by atoms with E-state index < -0.39 is 0 Å². The molecule has 1 heteroatoms. The van der Waals surface area contributed by atoms with Gasteiger partial charge in [-0.1, -0.05) is 226 Å². The second kappa shape index (κ2) is 35.8. The van der Waals surface area contributed by atoms with E-state index in [-0.39, 0.29) is 0 Å². The molecule has 0 bridgehead atoms. The van der Waals surface area contributed by atoms with Gasteiger partial charge in [0.15, 0.2) is 0 Å². The Kier molecular flexibility index (Phi) is 35.8. The molecule has 0 heterocycles. The predicted octanol–water partition coefficient (Wildman–Crippen LogP) is 15.8. The third-order valence-corrected chi connectivity index (χ3v) is 10.6. The van der Waals surface area contributed by atoms with Crippen LogP contribution in [-0.4, -0.2) is 23.5 Å². The van der Waals surface area contributed by atoms with Gasteiger partial charge in [0.2, 0.25) is 0 Å². The predicted molar refractivity (Wildman–Crippen MR) is 204 cm³/mol. The summed E-state index contributed by atoms with van der Waals surface area (Å²) in [6.45, 7) is 14.8. The fourth-order valence-electron chi connectivity index (χ4n) is 7.21. The van der Waals surface area contributed by atoms with Crippen LogP contribution in [0.3, 0.4) is 0 Å². The minimum Gasteiger partial charge on any atom is -0.298 e. The quantitative estimate of drug-likeness (QED) is 0.0621. The van der Waals surface area contributed by atoms with Crippen LogP contribution in [0.1, 0.15) is 259 Å².